The number of aliphatic hydroxyl groups is 2. The smallest absolute Gasteiger partial charge is 0.195 e. The lowest BCUT2D eigenvalue weighted by Crippen LogP contribution is -2.28. The molecule has 0 aliphatic carbocycles. The first-order valence-corrected chi connectivity index (χ1v) is 6.18. The predicted molar refractivity (Wildman–Crippen MR) is 63.2 cm³/mol. The van der Waals surface area contributed by atoms with Crippen molar-refractivity contribution in [3.63, 3.8) is 0 Å². The molecule has 6 N–H and O–H groups in total. The highest BCUT2D eigenvalue weighted by atomic mass is 31.1. The maximum atomic E-state index is 11.4. The van der Waals surface area contributed by atoms with Gasteiger partial charge in [0.2, 0.25) is 0 Å². The maximum Gasteiger partial charge on any atom is 0.195 e. The van der Waals surface area contributed by atoms with Crippen LogP contribution in [-0.2, 0) is 9.32 Å². The van der Waals surface area contributed by atoms with E-state index in [2.05, 4.69) is 0 Å². The molecule has 0 amide bonds. The first-order valence-electron chi connectivity index (χ1n) is 5.28. The summed E-state index contributed by atoms with van der Waals surface area (Å²) in [5.41, 5.74) is 10.8. The Hall–Kier alpha value is -0.100. The van der Waals surface area contributed by atoms with Crippen molar-refractivity contribution in [1.29, 1.82) is 0 Å². The molecule has 0 rings (SSSR count). The second kappa shape index (κ2) is 10.1. The van der Waals surface area contributed by atoms with Crippen LogP contribution in [0.1, 0.15) is 19.3 Å². The normalized spacial score (nSPS) is 15.5. The molecule has 7 heteroatoms. The summed E-state index contributed by atoms with van der Waals surface area (Å²) in [6, 6.07) is -0.517. The van der Waals surface area contributed by atoms with Crippen molar-refractivity contribution in [3.8, 4) is 0 Å². The highest BCUT2D eigenvalue weighted by Gasteiger charge is 2.14. The number of carbonyl (C=O) groups is 1. The Morgan fingerprint density at radius 1 is 1.44 bits per heavy atom. The number of aliphatic hydroxyl groups excluding tert-OH is 2. The lowest BCUT2D eigenvalue weighted by Gasteiger charge is -2.11. The van der Waals surface area contributed by atoms with E-state index in [0.717, 1.165) is 12.8 Å². The van der Waals surface area contributed by atoms with Crippen LogP contribution in [0, 0.1) is 0 Å². The molecule has 6 nitrogen and oxygen atoms in total. The average Bonchev–Trinajstić information content (AvgIpc) is 2.28. The van der Waals surface area contributed by atoms with Crippen LogP contribution in [0.5, 0.6) is 0 Å². The van der Waals surface area contributed by atoms with E-state index in [1.165, 1.54) is 0 Å². The van der Waals surface area contributed by atoms with Gasteiger partial charge in [0.05, 0.1) is 28.1 Å². The van der Waals surface area contributed by atoms with Crippen molar-refractivity contribution in [2.45, 2.75) is 31.4 Å². The minimum atomic E-state index is -0.936. The van der Waals surface area contributed by atoms with Crippen molar-refractivity contribution in [1.82, 2.24) is 0 Å². The molecule has 0 fully saturated rings. The Labute approximate surface area is 97.2 Å². The van der Waals surface area contributed by atoms with Gasteiger partial charge in [0.25, 0.3) is 0 Å². The fraction of sp³-hybridized carbons (Fsp3) is 0.889. The van der Waals surface area contributed by atoms with Crippen molar-refractivity contribution < 1.29 is 19.5 Å². The summed E-state index contributed by atoms with van der Waals surface area (Å²) in [6.07, 6.45) is 1.35. The molecule has 0 saturated carbocycles. The van der Waals surface area contributed by atoms with Crippen molar-refractivity contribution >= 4 is 14.3 Å². The van der Waals surface area contributed by atoms with Gasteiger partial charge in [-0.05, 0) is 19.4 Å². The van der Waals surface area contributed by atoms with Gasteiger partial charge in [0.15, 0.2) is 5.52 Å². The summed E-state index contributed by atoms with van der Waals surface area (Å²) in [5.74, 6) is 0. The van der Waals surface area contributed by atoms with E-state index in [-0.39, 0.29) is 27.5 Å². The Kier molecular flexibility index (Phi) is 10.0. The number of rotatable bonds is 10. The predicted octanol–water partition coefficient (Wildman–Crippen LogP) is -1.07. The van der Waals surface area contributed by atoms with Crippen LogP contribution >= 0.6 is 8.81 Å². The molecule has 0 bridgehead atoms. The molecule has 0 aliphatic heterocycles. The summed E-state index contributed by atoms with van der Waals surface area (Å²) in [5, 5.41) is 17.5. The maximum absolute atomic E-state index is 11.4. The Balaban J connectivity index is 3.55. The number of nitrogens with two attached hydrogens (primary N) is 2. The van der Waals surface area contributed by atoms with E-state index >= 15 is 0 Å². The van der Waals surface area contributed by atoms with Crippen LogP contribution in [0.25, 0.3) is 0 Å². The van der Waals surface area contributed by atoms with Gasteiger partial charge >= 0.3 is 0 Å². The van der Waals surface area contributed by atoms with Crippen LogP contribution < -0.4 is 11.5 Å². The third-order valence-electron chi connectivity index (χ3n) is 1.97. The van der Waals surface area contributed by atoms with Crippen molar-refractivity contribution in [2.75, 3.05) is 19.8 Å². The van der Waals surface area contributed by atoms with Crippen LogP contribution in [0.2, 0.25) is 0 Å². The van der Waals surface area contributed by atoms with Gasteiger partial charge in [0, 0.05) is 0 Å². The molecule has 0 aromatic carbocycles. The summed E-state index contributed by atoms with van der Waals surface area (Å²) in [4.78, 5) is 11.4. The van der Waals surface area contributed by atoms with Crippen LogP contribution in [0.4, 0.5) is 0 Å². The molecular weight excluding hydrogens is 231 g/mol. The zero-order valence-electron chi connectivity index (χ0n) is 9.26. The summed E-state index contributed by atoms with van der Waals surface area (Å²) in [7, 11) is -0.372. The van der Waals surface area contributed by atoms with Gasteiger partial charge in [-0.1, -0.05) is 6.42 Å². The topological polar surface area (TPSA) is 119 Å². The van der Waals surface area contributed by atoms with E-state index in [9.17, 15) is 4.79 Å². The first kappa shape index (κ1) is 15.9. The minimum Gasteiger partial charge on any atom is -0.394 e. The third-order valence-corrected chi connectivity index (χ3v) is 2.85. The fourth-order valence-electron chi connectivity index (χ4n) is 0.977. The van der Waals surface area contributed by atoms with E-state index in [0.29, 0.717) is 13.0 Å². The zero-order valence-corrected chi connectivity index (χ0v) is 10.3. The van der Waals surface area contributed by atoms with Crippen LogP contribution in [-0.4, -0.2) is 47.6 Å². The largest absolute Gasteiger partial charge is 0.394 e. The molecular formula is C9H21N2O4P. The Bertz CT molecular complexity index is 194. The van der Waals surface area contributed by atoms with Gasteiger partial charge in [-0.2, -0.15) is 0 Å². The first-order chi connectivity index (χ1) is 7.61. The van der Waals surface area contributed by atoms with Crippen molar-refractivity contribution in [2.24, 2.45) is 11.5 Å². The van der Waals surface area contributed by atoms with E-state index in [1.54, 1.807) is 0 Å². The highest BCUT2D eigenvalue weighted by Crippen LogP contribution is 2.17. The van der Waals surface area contributed by atoms with Gasteiger partial charge in [-0.15, -0.1) is 0 Å². The van der Waals surface area contributed by atoms with E-state index in [4.69, 9.17) is 26.2 Å². The summed E-state index contributed by atoms with van der Waals surface area (Å²) in [6.45, 7) is 0.180. The lowest BCUT2D eigenvalue weighted by molar-refractivity contribution is -0.113. The minimum absolute atomic E-state index is 0.0454. The number of hydrogen-bond acceptors (Lipinski definition) is 6. The van der Waals surface area contributed by atoms with Gasteiger partial charge in [0.1, 0.15) is 6.10 Å². The summed E-state index contributed by atoms with van der Waals surface area (Å²) < 4.78 is 4.94. The number of carbonyl (C=O) groups excluding carboxylic acids is 1. The molecule has 3 unspecified atom stereocenters. The second-order valence-corrected chi connectivity index (χ2v) is 4.49. The Morgan fingerprint density at radius 3 is 2.69 bits per heavy atom. The van der Waals surface area contributed by atoms with Crippen LogP contribution in [0.3, 0.4) is 0 Å². The van der Waals surface area contributed by atoms with E-state index < -0.39 is 12.1 Å². The van der Waals surface area contributed by atoms with Crippen molar-refractivity contribution in [3.05, 3.63) is 0 Å². The Morgan fingerprint density at radius 2 is 2.12 bits per heavy atom. The molecule has 0 spiro atoms. The standard InChI is InChI=1S/C9H21N2O4P/c10-4-2-1-3-8(11)9(14)16-15-6-7(13)5-12/h7-8,12-13,16H,1-6,10-11H2. The molecule has 0 aliphatic rings. The van der Waals surface area contributed by atoms with E-state index in [1.807, 2.05) is 0 Å². The fourth-order valence-corrected chi connectivity index (χ4v) is 1.69. The molecule has 0 radical (unpaired) electrons. The third kappa shape index (κ3) is 8.10. The molecule has 0 heterocycles. The SMILES string of the molecule is NCCCCC(N)C(=O)POCC(O)CO. The number of unbranched alkanes of at least 4 members (excludes halogenated alkanes) is 1. The average molecular weight is 252 g/mol. The van der Waals surface area contributed by atoms with Crippen LogP contribution in [0.15, 0.2) is 0 Å². The monoisotopic (exact) mass is 252 g/mol. The quantitative estimate of drug-likeness (QED) is 0.290. The molecule has 0 aromatic heterocycles. The molecule has 0 saturated heterocycles. The lowest BCUT2D eigenvalue weighted by atomic mass is 10.1. The van der Waals surface area contributed by atoms with Gasteiger partial charge in [-0.25, -0.2) is 0 Å². The molecule has 16 heavy (non-hydrogen) atoms. The zero-order chi connectivity index (χ0) is 12.4. The number of hydrogen-bond donors (Lipinski definition) is 4. The molecule has 0 aromatic rings. The van der Waals surface area contributed by atoms with Gasteiger partial charge in [-0.3, -0.25) is 4.79 Å². The summed E-state index contributed by atoms with van der Waals surface area (Å²) >= 11 is 0. The molecule has 96 valence electrons. The highest BCUT2D eigenvalue weighted by molar-refractivity contribution is 7.53. The van der Waals surface area contributed by atoms with Gasteiger partial charge < -0.3 is 26.2 Å². The second-order valence-electron chi connectivity index (χ2n) is 3.50. The molecule has 3 atom stereocenters.